The number of anilines is 1. The molecular weight excluding hydrogens is 206 g/mol. The van der Waals surface area contributed by atoms with Gasteiger partial charge >= 0.3 is 0 Å². The average molecular weight is 217 g/mol. The smallest absolute Gasteiger partial charge is 0.254 e. The molecule has 0 spiro atoms. The molecule has 82 valence electrons. The number of nitrogens with one attached hydrogen (secondary N) is 2. The number of carbonyl (C=O) groups is 1. The molecule has 0 fully saturated rings. The van der Waals surface area contributed by atoms with E-state index in [1.54, 1.807) is 12.4 Å². The highest BCUT2D eigenvalue weighted by atomic mass is 16.1. The maximum absolute atomic E-state index is 11.0. The Morgan fingerprint density at radius 3 is 3.12 bits per heavy atom. The Kier molecular flexibility index (Phi) is 2.81. The van der Waals surface area contributed by atoms with Crippen LogP contribution in [-0.4, -0.2) is 21.1 Å². The summed E-state index contributed by atoms with van der Waals surface area (Å²) in [5, 5.41) is 9.49. The monoisotopic (exact) mass is 217 g/mol. The standard InChI is InChI=1S/C10H11N5O/c11-9(16)8-6-14-15-10(8)13-5-7-2-1-3-12-4-7/h1-4,6H,5H2,(H2,11,16)(H2,13,14,15). The number of nitrogens with zero attached hydrogens (tertiary/aromatic N) is 2. The zero-order chi connectivity index (χ0) is 11.4. The molecule has 2 rings (SSSR count). The van der Waals surface area contributed by atoms with E-state index in [2.05, 4.69) is 20.5 Å². The normalized spacial score (nSPS) is 10.0. The Morgan fingerprint density at radius 1 is 1.56 bits per heavy atom. The molecule has 0 unspecified atom stereocenters. The van der Waals surface area contributed by atoms with Crippen LogP contribution in [0.2, 0.25) is 0 Å². The van der Waals surface area contributed by atoms with Crippen molar-refractivity contribution in [3.05, 3.63) is 41.9 Å². The lowest BCUT2D eigenvalue weighted by molar-refractivity contribution is 0.100. The first kappa shape index (κ1) is 10.2. The van der Waals surface area contributed by atoms with Gasteiger partial charge in [0.25, 0.3) is 5.91 Å². The second kappa shape index (κ2) is 4.43. The second-order valence-electron chi connectivity index (χ2n) is 3.23. The van der Waals surface area contributed by atoms with E-state index in [0.29, 0.717) is 17.9 Å². The van der Waals surface area contributed by atoms with Gasteiger partial charge in [-0.15, -0.1) is 0 Å². The van der Waals surface area contributed by atoms with Gasteiger partial charge in [0.05, 0.1) is 0 Å². The predicted molar refractivity (Wildman–Crippen MR) is 58.7 cm³/mol. The van der Waals surface area contributed by atoms with E-state index in [1.165, 1.54) is 6.20 Å². The molecule has 0 aliphatic heterocycles. The van der Waals surface area contributed by atoms with Crippen LogP contribution in [0.25, 0.3) is 0 Å². The molecule has 0 aliphatic carbocycles. The van der Waals surface area contributed by atoms with Crippen molar-refractivity contribution in [2.24, 2.45) is 5.73 Å². The van der Waals surface area contributed by atoms with Crippen molar-refractivity contribution in [1.82, 2.24) is 15.2 Å². The molecule has 2 aromatic heterocycles. The Labute approximate surface area is 91.9 Å². The molecule has 2 aromatic rings. The number of primary amides is 1. The molecule has 1 amide bonds. The quantitative estimate of drug-likeness (QED) is 0.695. The molecule has 2 heterocycles. The minimum absolute atomic E-state index is 0.351. The summed E-state index contributed by atoms with van der Waals surface area (Å²) in [6.07, 6.45) is 4.91. The molecule has 0 radical (unpaired) electrons. The van der Waals surface area contributed by atoms with Crippen LogP contribution in [0, 0.1) is 0 Å². The Hall–Kier alpha value is -2.37. The number of amides is 1. The fourth-order valence-electron chi connectivity index (χ4n) is 1.30. The lowest BCUT2D eigenvalue weighted by Crippen LogP contribution is -2.13. The predicted octanol–water partition coefficient (Wildman–Crippen LogP) is 0.516. The summed E-state index contributed by atoms with van der Waals surface area (Å²) in [6, 6.07) is 3.77. The van der Waals surface area contributed by atoms with Gasteiger partial charge in [0.15, 0.2) is 5.82 Å². The van der Waals surface area contributed by atoms with E-state index in [1.807, 2.05) is 12.1 Å². The minimum Gasteiger partial charge on any atom is -0.365 e. The first-order valence-electron chi connectivity index (χ1n) is 4.73. The van der Waals surface area contributed by atoms with Crippen molar-refractivity contribution < 1.29 is 4.79 Å². The molecule has 6 heteroatoms. The van der Waals surface area contributed by atoms with Crippen LogP contribution in [0.15, 0.2) is 30.7 Å². The van der Waals surface area contributed by atoms with Crippen LogP contribution in [0.1, 0.15) is 15.9 Å². The van der Waals surface area contributed by atoms with E-state index < -0.39 is 5.91 Å². The maximum atomic E-state index is 11.0. The van der Waals surface area contributed by atoms with E-state index in [4.69, 9.17) is 5.73 Å². The van der Waals surface area contributed by atoms with Gasteiger partial charge in [-0.25, -0.2) is 0 Å². The number of aromatic nitrogens is 3. The number of carbonyl (C=O) groups excluding carboxylic acids is 1. The first-order chi connectivity index (χ1) is 7.77. The topological polar surface area (TPSA) is 96.7 Å². The SMILES string of the molecule is NC(=O)c1c[nH]nc1NCc1cccnc1. The fourth-order valence-corrected chi connectivity index (χ4v) is 1.30. The second-order valence-corrected chi connectivity index (χ2v) is 3.23. The van der Waals surface area contributed by atoms with Crippen molar-refractivity contribution in [2.45, 2.75) is 6.54 Å². The molecule has 0 saturated carbocycles. The number of hydrogen-bond acceptors (Lipinski definition) is 4. The number of rotatable bonds is 4. The molecule has 6 nitrogen and oxygen atoms in total. The fraction of sp³-hybridized carbons (Fsp3) is 0.100. The van der Waals surface area contributed by atoms with Crippen molar-refractivity contribution >= 4 is 11.7 Å². The summed E-state index contributed by atoms with van der Waals surface area (Å²) in [7, 11) is 0. The number of aromatic amines is 1. The van der Waals surface area contributed by atoms with E-state index in [0.717, 1.165) is 5.56 Å². The Morgan fingerprint density at radius 2 is 2.44 bits per heavy atom. The van der Waals surface area contributed by atoms with Gasteiger partial charge in [-0.1, -0.05) is 6.07 Å². The number of nitrogens with two attached hydrogens (primary N) is 1. The highest BCUT2D eigenvalue weighted by molar-refractivity contribution is 5.97. The molecule has 0 aromatic carbocycles. The van der Waals surface area contributed by atoms with Gasteiger partial charge in [-0.3, -0.25) is 14.9 Å². The van der Waals surface area contributed by atoms with Gasteiger partial charge in [-0.05, 0) is 11.6 Å². The van der Waals surface area contributed by atoms with E-state index >= 15 is 0 Å². The van der Waals surface area contributed by atoms with Crippen molar-refractivity contribution in [3.8, 4) is 0 Å². The summed E-state index contributed by atoms with van der Waals surface area (Å²) < 4.78 is 0. The van der Waals surface area contributed by atoms with Crippen molar-refractivity contribution in [1.29, 1.82) is 0 Å². The highest BCUT2D eigenvalue weighted by Crippen LogP contribution is 2.11. The molecule has 0 bridgehead atoms. The lowest BCUT2D eigenvalue weighted by Gasteiger charge is -2.03. The third-order valence-corrected chi connectivity index (χ3v) is 2.09. The number of pyridine rings is 1. The van der Waals surface area contributed by atoms with Crippen molar-refractivity contribution in [2.75, 3.05) is 5.32 Å². The largest absolute Gasteiger partial charge is 0.365 e. The van der Waals surface area contributed by atoms with Gasteiger partial charge in [0, 0.05) is 25.1 Å². The minimum atomic E-state index is -0.512. The molecular formula is C10H11N5O. The maximum Gasteiger partial charge on any atom is 0.254 e. The van der Waals surface area contributed by atoms with Crippen LogP contribution in [0.3, 0.4) is 0 Å². The average Bonchev–Trinajstić information content (AvgIpc) is 2.76. The zero-order valence-corrected chi connectivity index (χ0v) is 8.47. The summed E-state index contributed by atoms with van der Waals surface area (Å²) >= 11 is 0. The third-order valence-electron chi connectivity index (χ3n) is 2.09. The van der Waals surface area contributed by atoms with Crippen LogP contribution < -0.4 is 11.1 Å². The molecule has 4 N–H and O–H groups in total. The Bertz CT molecular complexity index is 479. The van der Waals surface area contributed by atoms with E-state index in [9.17, 15) is 4.79 Å². The first-order valence-corrected chi connectivity index (χ1v) is 4.73. The summed E-state index contributed by atoms with van der Waals surface area (Å²) in [6.45, 7) is 0.541. The molecule has 0 atom stereocenters. The van der Waals surface area contributed by atoms with Crippen LogP contribution in [-0.2, 0) is 6.54 Å². The van der Waals surface area contributed by atoms with Gasteiger partial charge in [-0.2, -0.15) is 5.10 Å². The third kappa shape index (κ3) is 2.17. The number of hydrogen-bond donors (Lipinski definition) is 3. The summed E-state index contributed by atoms with van der Waals surface area (Å²) in [4.78, 5) is 15.0. The summed E-state index contributed by atoms with van der Waals surface area (Å²) in [5.41, 5.74) is 6.53. The van der Waals surface area contributed by atoms with Gasteiger partial charge in [0.1, 0.15) is 5.56 Å². The lowest BCUT2D eigenvalue weighted by atomic mass is 10.2. The Balaban J connectivity index is 2.05. The van der Waals surface area contributed by atoms with Crippen molar-refractivity contribution in [3.63, 3.8) is 0 Å². The molecule has 16 heavy (non-hydrogen) atoms. The van der Waals surface area contributed by atoms with Crippen LogP contribution in [0.5, 0.6) is 0 Å². The van der Waals surface area contributed by atoms with Gasteiger partial charge in [0.2, 0.25) is 0 Å². The highest BCUT2D eigenvalue weighted by Gasteiger charge is 2.09. The summed E-state index contributed by atoms with van der Waals surface area (Å²) in [5.74, 6) is -0.0567. The molecule has 0 aliphatic rings. The number of H-pyrrole nitrogens is 1. The van der Waals surface area contributed by atoms with E-state index in [-0.39, 0.29) is 0 Å². The van der Waals surface area contributed by atoms with Crippen LogP contribution in [0.4, 0.5) is 5.82 Å². The van der Waals surface area contributed by atoms with Gasteiger partial charge < -0.3 is 11.1 Å². The molecule has 0 saturated heterocycles. The zero-order valence-electron chi connectivity index (χ0n) is 8.47. The van der Waals surface area contributed by atoms with Crippen LogP contribution >= 0.6 is 0 Å².